The highest BCUT2D eigenvalue weighted by Gasteiger charge is 2.36. The number of hydrogen-bond acceptors (Lipinski definition) is 4. The highest BCUT2D eigenvalue weighted by atomic mass is 16.6. The van der Waals surface area contributed by atoms with E-state index in [-0.39, 0.29) is 11.5 Å². The fourth-order valence-electron chi connectivity index (χ4n) is 1.75. The zero-order valence-electron chi connectivity index (χ0n) is 10.7. The summed E-state index contributed by atoms with van der Waals surface area (Å²) in [6.07, 6.45) is 1.21. The summed E-state index contributed by atoms with van der Waals surface area (Å²) in [7, 11) is 0. The van der Waals surface area contributed by atoms with Gasteiger partial charge in [-0.25, -0.2) is 9.59 Å². The van der Waals surface area contributed by atoms with Crippen LogP contribution < -0.4 is 0 Å². The molecular weight excluding hydrogens is 234 g/mol. The second-order valence-electron chi connectivity index (χ2n) is 4.43. The van der Waals surface area contributed by atoms with Gasteiger partial charge >= 0.3 is 11.9 Å². The maximum absolute atomic E-state index is 11.8. The summed E-state index contributed by atoms with van der Waals surface area (Å²) in [5.41, 5.74) is 0.514. The molecule has 1 aliphatic rings. The maximum Gasteiger partial charge on any atom is 0.340 e. The van der Waals surface area contributed by atoms with E-state index in [4.69, 9.17) is 0 Å². The van der Waals surface area contributed by atoms with Gasteiger partial charge in [-0.1, -0.05) is 13.2 Å². The average molecular weight is 251 g/mol. The Morgan fingerprint density at radius 2 is 1.78 bits per heavy atom. The number of nitrogens with zero attached hydrogens (tertiary/aromatic N) is 1. The molecule has 5 heteroatoms. The highest BCUT2D eigenvalue weighted by Crippen LogP contribution is 2.20. The van der Waals surface area contributed by atoms with Crippen molar-refractivity contribution in [2.45, 2.75) is 32.7 Å². The smallest absolute Gasteiger partial charge is 0.340 e. The molecule has 0 spiro atoms. The van der Waals surface area contributed by atoms with Crippen molar-refractivity contribution in [1.29, 1.82) is 0 Å². The molecule has 1 heterocycles. The van der Waals surface area contributed by atoms with E-state index < -0.39 is 18.0 Å². The van der Waals surface area contributed by atoms with Gasteiger partial charge in [0.2, 0.25) is 5.91 Å². The Hall–Kier alpha value is -1.91. The molecule has 98 valence electrons. The van der Waals surface area contributed by atoms with Gasteiger partial charge in [-0.2, -0.15) is 0 Å². The molecule has 0 saturated carbocycles. The molecule has 0 aromatic rings. The van der Waals surface area contributed by atoms with Crippen LogP contribution in [0.2, 0.25) is 0 Å². The molecule has 5 nitrogen and oxygen atoms in total. The first-order valence-electron chi connectivity index (χ1n) is 5.72. The van der Waals surface area contributed by atoms with Crippen LogP contribution in [-0.4, -0.2) is 35.3 Å². The van der Waals surface area contributed by atoms with Crippen LogP contribution >= 0.6 is 0 Å². The van der Waals surface area contributed by atoms with Gasteiger partial charge in [-0.3, -0.25) is 4.79 Å². The monoisotopic (exact) mass is 251 g/mol. The molecule has 0 aromatic heterocycles. The van der Waals surface area contributed by atoms with Crippen molar-refractivity contribution in [2.75, 3.05) is 6.54 Å². The molecule has 1 fully saturated rings. The lowest BCUT2D eigenvalue weighted by Gasteiger charge is -2.22. The number of esters is 2. The van der Waals surface area contributed by atoms with Gasteiger partial charge in [0.05, 0.1) is 0 Å². The van der Waals surface area contributed by atoms with Gasteiger partial charge < -0.3 is 9.64 Å². The number of rotatable bonds is 3. The van der Waals surface area contributed by atoms with Gasteiger partial charge in [0.15, 0.2) is 0 Å². The number of amides is 1. The lowest BCUT2D eigenvalue weighted by Crippen LogP contribution is -2.42. The first kappa shape index (κ1) is 14.2. The Kier molecular flexibility index (Phi) is 4.42. The van der Waals surface area contributed by atoms with Crippen molar-refractivity contribution in [1.82, 2.24) is 4.90 Å². The lowest BCUT2D eigenvalue weighted by molar-refractivity contribution is -0.162. The molecule has 0 aliphatic carbocycles. The van der Waals surface area contributed by atoms with Crippen LogP contribution in [0, 0.1) is 0 Å². The van der Waals surface area contributed by atoms with Crippen molar-refractivity contribution < 1.29 is 19.1 Å². The molecule has 18 heavy (non-hydrogen) atoms. The zero-order valence-corrected chi connectivity index (χ0v) is 10.7. The third-order valence-corrected chi connectivity index (χ3v) is 2.69. The molecule has 0 radical (unpaired) electrons. The van der Waals surface area contributed by atoms with E-state index in [9.17, 15) is 14.4 Å². The fraction of sp³-hybridized carbons (Fsp3) is 0.462. The third-order valence-electron chi connectivity index (χ3n) is 2.69. The van der Waals surface area contributed by atoms with Crippen molar-refractivity contribution >= 4 is 17.8 Å². The van der Waals surface area contributed by atoms with Gasteiger partial charge in [0.25, 0.3) is 0 Å². The van der Waals surface area contributed by atoms with Gasteiger partial charge in [0.1, 0.15) is 6.04 Å². The second kappa shape index (κ2) is 5.62. The Bertz CT molecular complexity index is 425. The Balaban J connectivity index is 2.73. The Morgan fingerprint density at radius 1 is 1.17 bits per heavy atom. The molecule has 0 N–H and O–H groups in total. The molecule has 1 amide bonds. The van der Waals surface area contributed by atoms with Crippen molar-refractivity contribution in [3.05, 3.63) is 24.3 Å². The summed E-state index contributed by atoms with van der Waals surface area (Å²) in [4.78, 5) is 36.2. The molecule has 0 aromatic carbocycles. The van der Waals surface area contributed by atoms with E-state index >= 15 is 0 Å². The zero-order chi connectivity index (χ0) is 13.9. The number of likely N-dealkylation sites (tertiary alicyclic amines) is 1. The van der Waals surface area contributed by atoms with Crippen LogP contribution in [-0.2, 0) is 19.1 Å². The quantitative estimate of drug-likeness (QED) is 0.429. The minimum Gasteiger partial charge on any atom is -0.388 e. The number of carbonyl (C=O) groups is 3. The first-order valence-corrected chi connectivity index (χ1v) is 5.72. The predicted octanol–water partition coefficient (Wildman–Crippen LogP) is 1.20. The number of carbonyl (C=O) groups excluding carboxylic acids is 3. The van der Waals surface area contributed by atoms with Crippen LogP contribution in [0.15, 0.2) is 24.3 Å². The SMILES string of the molecule is C=C(C)C(=O)OC(=O)[C@H]1CCCN1C(=O)C(=C)C. The highest BCUT2D eigenvalue weighted by molar-refractivity contribution is 6.00. The average Bonchev–Trinajstić information content (AvgIpc) is 2.76. The van der Waals surface area contributed by atoms with Crippen molar-refractivity contribution in [2.24, 2.45) is 0 Å². The van der Waals surface area contributed by atoms with Gasteiger partial charge in [-0.15, -0.1) is 0 Å². The van der Waals surface area contributed by atoms with E-state index in [0.717, 1.165) is 0 Å². The largest absolute Gasteiger partial charge is 0.388 e. The van der Waals surface area contributed by atoms with E-state index in [1.165, 1.54) is 11.8 Å². The van der Waals surface area contributed by atoms with Crippen molar-refractivity contribution in [3.8, 4) is 0 Å². The fourth-order valence-corrected chi connectivity index (χ4v) is 1.75. The summed E-state index contributed by atoms with van der Waals surface area (Å²) in [5.74, 6) is -1.73. The summed E-state index contributed by atoms with van der Waals surface area (Å²) in [5, 5.41) is 0. The topological polar surface area (TPSA) is 63.7 Å². The predicted molar refractivity (Wildman–Crippen MR) is 65.5 cm³/mol. The van der Waals surface area contributed by atoms with Crippen LogP contribution in [0.25, 0.3) is 0 Å². The van der Waals surface area contributed by atoms with Crippen LogP contribution in [0.3, 0.4) is 0 Å². The Morgan fingerprint density at radius 3 is 2.28 bits per heavy atom. The third kappa shape index (κ3) is 3.06. The van der Waals surface area contributed by atoms with E-state index in [1.54, 1.807) is 6.92 Å². The standard InChI is InChI=1S/C13H17NO4/c1-8(2)11(15)14-7-5-6-10(14)13(17)18-12(16)9(3)4/h10H,1,3,5-7H2,2,4H3/t10-/m1/s1. The summed E-state index contributed by atoms with van der Waals surface area (Å²) < 4.78 is 4.65. The van der Waals surface area contributed by atoms with Crippen LogP contribution in [0.4, 0.5) is 0 Å². The lowest BCUT2D eigenvalue weighted by atomic mass is 10.2. The minimum absolute atomic E-state index is 0.152. The molecule has 0 unspecified atom stereocenters. The van der Waals surface area contributed by atoms with E-state index in [0.29, 0.717) is 25.0 Å². The number of ether oxygens (including phenoxy) is 1. The summed E-state index contributed by atoms with van der Waals surface area (Å²) >= 11 is 0. The van der Waals surface area contributed by atoms with E-state index in [1.807, 2.05) is 0 Å². The summed E-state index contributed by atoms with van der Waals surface area (Å²) in [6, 6.07) is -0.697. The molecule has 1 saturated heterocycles. The number of hydrogen-bond donors (Lipinski definition) is 0. The van der Waals surface area contributed by atoms with E-state index in [2.05, 4.69) is 17.9 Å². The van der Waals surface area contributed by atoms with Crippen molar-refractivity contribution in [3.63, 3.8) is 0 Å². The van der Waals surface area contributed by atoms with Crippen LogP contribution in [0.1, 0.15) is 26.7 Å². The second-order valence-corrected chi connectivity index (χ2v) is 4.43. The van der Waals surface area contributed by atoms with Crippen LogP contribution in [0.5, 0.6) is 0 Å². The summed E-state index contributed by atoms with van der Waals surface area (Å²) in [6.45, 7) is 10.5. The molecule has 0 bridgehead atoms. The molecule has 1 rings (SSSR count). The molecule has 1 aliphatic heterocycles. The minimum atomic E-state index is -0.755. The molecule has 1 atom stereocenters. The van der Waals surface area contributed by atoms with Gasteiger partial charge in [0, 0.05) is 17.7 Å². The van der Waals surface area contributed by atoms with Gasteiger partial charge in [-0.05, 0) is 26.7 Å². The first-order chi connectivity index (χ1) is 8.34. The normalized spacial score (nSPS) is 18.3. The molecular formula is C13H17NO4. The Labute approximate surface area is 106 Å². The maximum atomic E-state index is 11.8.